The zero-order valence-electron chi connectivity index (χ0n) is 10.8. The van der Waals surface area contributed by atoms with Gasteiger partial charge in [-0.3, -0.25) is 0 Å². The highest BCUT2D eigenvalue weighted by molar-refractivity contribution is 5.63. The first-order valence-corrected chi connectivity index (χ1v) is 6.46. The largest absolute Gasteiger partial charge is 0.493 e. The van der Waals surface area contributed by atoms with Crippen LogP contribution in [0.15, 0.2) is 24.3 Å². The van der Waals surface area contributed by atoms with Crippen LogP contribution < -0.4 is 4.74 Å². The lowest BCUT2D eigenvalue weighted by Gasteiger charge is -2.12. The molecule has 0 saturated carbocycles. The van der Waals surface area contributed by atoms with Crippen LogP contribution in [0.25, 0.3) is 0 Å². The fourth-order valence-corrected chi connectivity index (χ4v) is 1.77. The van der Waals surface area contributed by atoms with E-state index in [0.717, 1.165) is 30.6 Å². The highest BCUT2D eigenvalue weighted by Gasteiger charge is 2.09. The van der Waals surface area contributed by atoms with Gasteiger partial charge in [0.05, 0.1) is 6.61 Å². The highest BCUT2D eigenvalue weighted by Crippen LogP contribution is 2.25. The van der Waals surface area contributed by atoms with Gasteiger partial charge in [0.25, 0.3) is 0 Å². The van der Waals surface area contributed by atoms with Gasteiger partial charge in [0.15, 0.2) is 0 Å². The summed E-state index contributed by atoms with van der Waals surface area (Å²) in [6, 6.07) is 7.79. The summed E-state index contributed by atoms with van der Waals surface area (Å²) in [5.74, 6) is 0.755. The number of unbranched alkanes of at least 4 members (excludes halogenated alkanes) is 3. The quantitative estimate of drug-likeness (QED) is 0.503. The molecule has 1 aromatic rings. The molecule has 0 aromatic heterocycles. The molecular formula is C15H22O2. The van der Waals surface area contributed by atoms with E-state index in [-0.39, 0.29) is 5.92 Å². The third-order valence-electron chi connectivity index (χ3n) is 2.87. The normalized spacial score (nSPS) is 12.1. The predicted octanol–water partition coefficient (Wildman–Crippen LogP) is 3.95. The lowest BCUT2D eigenvalue weighted by Crippen LogP contribution is -2.03. The number of hydrogen-bond acceptors (Lipinski definition) is 2. The average Bonchev–Trinajstić information content (AvgIpc) is 2.38. The fourth-order valence-electron chi connectivity index (χ4n) is 1.77. The van der Waals surface area contributed by atoms with Gasteiger partial charge in [0, 0.05) is 11.5 Å². The standard InChI is InChI=1S/C15H22O2/c1-3-4-5-8-11-17-15-10-7-6-9-14(15)13(2)12-16/h6-7,9-10,12-13H,3-5,8,11H2,1-2H3. The van der Waals surface area contributed by atoms with Crippen molar-refractivity contribution in [1.29, 1.82) is 0 Å². The van der Waals surface area contributed by atoms with Gasteiger partial charge in [-0.05, 0) is 12.5 Å². The number of benzene rings is 1. The van der Waals surface area contributed by atoms with Crippen molar-refractivity contribution in [2.45, 2.75) is 45.4 Å². The number of hydrogen-bond donors (Lipinski definition) is 0. The van der Waals surface area contributed by atoms with Crippen molar-refractivity contribution in [3.63, 3.8) is 0 Å². The number of rotatable bonds is 8. The molecule has 0 fully saturated rings. The Morgan fingerprint density at radius 3 is 2.71 bits per heavy atom. The molecule has 1 rings (SSSR count). The molecule has 0 bridgehead atoms. The molecule has 1 unspecified atom stereocenters. The second-order valence-electron chi connectivity index (χ2n) is 4.37. The number of aldehydes is 1. The van der Waals surface area contributed by atoms with Crippen molar-refractivity contribution in [3.8, 4) is 5.75 Å². The van der Waals surface area contributed by atoms with Crippen LogP contribution in [0.2, 0.25) is 0 Å². The summed E-state index contributed by atoms with van der Waals surface area (Å²) in [4.78, 5) is 10.8. The molecule has 1 aromatic carbocycles. The molecular weight excluding hydrogens is 212 g/mol. The summed E-state index contributed by atoms with van der Waals surface area (Å²) in [5.41, 5.74) is 0.984. The lowest BCUT2D eigenvalue weighted by atomic mass is 10.0. The Hall–Kier alpha value is -1.31. The van der Waals surface area contributed by atoms with Crippen molar-refractivity contribution in [1.82, 2.24) is 0 Å². The Bertz CT molecular complexity index is 333. The first-order chi connectivity index (χ1) is 8.29. The number of carbonyl (C=O) groups is 1. The van der Waals surface area contributed by atoms with Crippen molar-refractivity contribution < 1.29 is 9.53 Å². The molecule has 0 spiro atoms. The number of ether oxygens (including phenoxy) is 1. The van der Waals surface area contributed by atoms with Gasteiger partial charge in [-0.15, -0.1) is 0 Å². The maximum atomic E-state index is 10.8. The molecule has 0 amide bonds. The number of carbonyl (C=O) groups excluding carboxylic acids is 1. The summed E-state index contributed by atoms with van der Waals surface area (Å²) in [5, 5.41) is 0. The van der Waals surface area contributed by atoms with Crippen molar-refractivity contribution in [2.24, 2.45) is 0 Å². The molecule has 0 heterocycles. The van der Waals surface area contributed by atoms with Gasteiger partial charge in [-0.1, -0.05) is 51.3 Å². The SMILES string of the molecule is CCCCCCOc1ccccc1C(C)C=O. The highest BCUT2D eigenvalue weighted by atomic mass is 16.5. The fraction of sp³-hybridized carbons (Fsp3) is 0.533. The average molecular weight is 234 g/mol. The van der Waals surface area contributed by atoms with Gasteiger partial charge in [0.1, 0.15) is 12.0 Å². The van der Waals surface area contributed by atoms with E-state index in [1.165, 1.54) is 19.3 Å². The Balaban J connectivity index is 2.49. The van der Waals surface area contributed by atoms with Crippen LogP contribution in [0, 0.1) is 0 Å². The smallest absolute Gasteiger partial charge is 0.127 e. The first-order valence-electron chi connectivity index (χ1n) is 6.46. The second kappa shape index (κ2) is 7.88. The van der Waals surface area contributed by atoms with Gasteiger partial charge in [-0.25, -0.2) is 0 Å². The molecule has 0 radical (unpaired) electrons. The molecule has 1 atom stereocenters. The van der Waals surface area contributed by atoms with E-state index in [4.69, 9.17) is 4.74 Å². The van der Waals surface area contributed by atoms with Crippen LogP contribution in [0.3, 0.4) is 0 Å². The second-order valence-corrected chi connectivity index (χ2v) is 4.37. The summed E-state index contributed by atoms with van der Waals surface area (Å²) >= 11 is 0. The van der Waals surface area contributed by atoms with E-state index < -0.39 is 0 Å². The van der Waals surface area contributed by atoms with Crippen LogP contribution in [-0.4, -0.2) is 12.9 Å². The summed E-state index contributed by atoms with van der Waals surface area (Å²) in [6.45, 7) is 4.83. The van der Waals surface area contributed by atoms with Crippen molar-refractivity contribution in [2.75, 3.05) is 6.61 Å². The van der Waals surface area contributed by atoms with Crippen molar-refractivity contribution >= 4 is 6.29 Å². The summed E-state index contributed by atoms with van der Waals surface area (Å²) in [6.07, 6.45) is 5.74. The topological polar surface area (TPSA) is 26.3 Å². The van der Waals surface area contributed by atoms with Crippen LogP contribution in [0.4, 0.5) is 0 Å². The maximum Gasteiger partial charge on any atom is 0.127 e. The molecule has 0 aliphatic carbocycles. The van der Waals surface area contributed by atoms with Crippen LogP contribution in [-0.2, 0) is 4.79 Å². The lowest BCUT2D eigenvalue weighted by molar-refractivity contribution is -0.108. The third kappa shape index (κ3) is 4.59. The van der Waals surface area contributed by atoms with E-state index in [9.17, 15) is 4.79 Å². The van der Waals surface area contributed by atoms with Crippen LogP contribution >= 0.6 is 0 Å². The Kier molecular flexibility index (Phi) is 6.38. The number of para-hydroxylation sites is 1. The minimum atomic E-state index is -0.0955. The molecule has 2 heteroatoms. The molecule has 0 N–H and O–H groups in total. The molecule has 17 heavy (non-hydrogen) atoms. The monoisotopic (exact) mass is 234 g/mol. The van der Waals surface area contributed by atoms with E-state index in [0.29, 0.717) is 0 Å². The Labute approximate surface area is 104 Å². The predicted molar refractivity (Wildman–Crippen MR) is 70.6 cm³/mol. The summed E-state index contributed by atoms with van der Waals surface area (Å²) < 4.78 is 5.75. The zero-order valence-corrected chi connectivity index (χ0v) is 10.8. The maximum absolute atomic E-state index is 10.8. The molecule has 0 aliphatic heterocycles. The Morgan fingerprint density at radius 1 is 1.24 bits per heavy atom. The van der Waals surface area contributed by atoms with Gasteiger partial charge in [0.2, 0.25) is 0 Å². The first kappa shape index (κ1) is 13.8. The van der Waals surface area contributed by atoms with Gasteiger partial charge in [-0.2, -0.15) is 0 Å². The minimum Gasteiger partial charge on any atom is -0.493 e. The van der Waals surface area contributed by atoms with Gasteiger partial charge < -0.3 is 9.53 Å². The van der Waals surface area contributed by atoms with Crippen LogP contribution in [0.1, 0.15) is 51.0 Å². The molecule has 0 aliphatic rings. The molecule has 2 nitrogen and oxygen atoms in total. The summed E-state index contributed by atoms with van der Waals surface area (Å²) in [7, 11) is 0. The van der Waals surface area contributed by atoms with E-state index in [1.54, 1.807) is 0 Å². The van der Waals surface area contributed by atoms with Gasteiger partial charge >= 0.3 is 0 Å². The van der Waals surface area contributed by atoms with Crippen LogP contribution in [0.5, 0.6) is 5.75 Å². The molecule has 0 saturated heterocycles. The minimum absolute atomic E-state index is 0.0955. The van der Waals surface area contributed by atoms with E-state index >= 15 is 0 Å². The molecule has 94 valence electrons. The zero-order chi connectivity index (χ0) is 12.5. The van der Waals surface area contributed by atoms with Crippen molar-refractivity contribution in [3.05, 3.63) is 29.8 Å². The van der Waals surface area contributed by atoms with E-state index in [2.05, 4.69) is 6.92 Å². The third-order valence-corrected chi connectivity index (χ3v) is 2.87. The van der Waals surface area contributed by atoms with E-state index in [1.807, 2.05) is 31.2 Å². The Morgan fingerprint density at radius 2 is 2.00 bits per heavy atom.